The van der Waals surface area contributed by atoms with E-state index >= 15 is 0 Å². The van der Waals surface area contributed by atoms with Crippen LogP contribution in [0.4, 0.5) is 0 Å². The van der Waals surface area contributed by atoms with Gasteiger partial charge in [-0.1, -0.05) is 24.3 Å². The highest BCUT2D eigenvalue weighted by Crippen LogP contribution is 2.16. The number of benzene rings is 1. The van der Waals surface area contributed by atoms with E-state index in [1.807, 2.05) is 53.6 Å². The zero-order chi connectivity index (χ0) is 19.1. The molecule has 0 saturated carbocycles. The highest BCUT2D eigenvalue weighted by Gasteiger charge is 2.21. The van der Waals surface area contributed by atoms with E-state index < -0.39 is 0 Å². The summed E-state index contributed by atoms with van der Waals surface area (Å²) in [4.78, 5) is 29.1. The lowest BCUT2D eigenvalue weighted by molar-refractivity contribution is -0.135. The van der Waals surface area contributed by atoms with Crippen molar-refractivity contribution in [2.75, 3.05) is 45.9 Å². The molecule has 1 aromatic heterocycles. The van der Waals surface area contributed by atoms with Crippen molar-refractivity contribution in [3.63, 3.8) is 0 Å². The van der Waals surface area contributed by atoms with E-state index in [4.69, 9.17) is 4.74 Å². The number of hydrogen-bond donors (Lipinski definition) is 1. The lowest BCUT2D eigenvalue weighted by Gasteiger charge is -2.34. The average molecular weight is 388 g/mol. The van der Waals surface area contributed by atoms with E-state index in [9.17, 15) is 9.59 Å². The second-order valence-corrected chi connectivity index (χ2v) is 7.46. The fourth-order valence-corrected chi connectivity index (χ4v) is 3.63. The molecular weight excluding hydrogens is 362 g/mol. The lowest BCUT2D eigenvalue weighted by Crippen LogP contribution is -2.51. The van der Waals surface area contributed by atoms with Crippen LogP contribution >= 0.6 is 11.3 Å². The first kappa shape index (κ1) is 19.4. The Labute approximate surface area is 163 Å². The van der Waals surface area contributed by atoms with Crippen molar-refractivity contribution < 1.29 is 14.3 Å². The van der Waals surface area contributed by atoms with Crippen LogP contribution in [0, 0.1) is 6.92 Å². The van der Waals surface area contributed by atoms with E-state index in [1.165, 1.54) is 11.3 Å². The van der Waals surface area contributed by atoms with Gasteiger partial charge in [0.05, 0.1) is 4.88 Å². The van der Waals surface area contributed by atoms with Crippen molar-refractivity contribution in [2.45, 2.75) is 6.92 Å². The predicted octanol–water partition coefficient (Wildman–Crippen LogP) is 2.01. The zero-order valence-corrected chi connectivity index (χ0v) is 16.3. The maximum Gasteiger partial charge on any atom is 0.261 e. The van der Waals surface area contributed by atoms with Gasteiger partial charge in [0.2, 0.25) is 0 Å². The van der Waals surface area contributed by atoms with Crippen LogP contribution in [-0.2, 0) is 4.79 Å². The van der Waals surface area contributed by atoms with E-state index in [0.29, 0.717) is 19.6 Å². The molecule has 1 fully saturated rings. The Balaban J connectivity index is 1.34. The first-order chi connectivity index (χ1) is 13.1. The van der Waals surface area contributed by atoms with Crippen LogP contribution in [-0.4, -0.2) is 67.5 Å². The molecule has 0 bridgehead atoms. The summed E-state index contributed by atoms with van der Waals surface area (Å²) in [6.07, 6.45) is 0. The molecule has 0 aliphatic carbocycles. The molecule has 3 rings (SSSR count). The van der Waals surface area contributed by atoms with Crippen LogP contribution in [0.3, 0.4) is 0 Å². The number of hydrogen-bond acceptors (Lipinski definition) is 5. The highest BCUT2D eigenvalue weighted by molar-refractivity contribution is 7.12. The van der Waals surface area contributed by atoms with Crippen molar-refractivity contribution in [3.8, 4) is 5.75 Å². The maximum atomic E-state index is 12.4. The van der Waals surface area contributed by atoms with Crippen molar-refractivity contribution in [3.05, 3.63) is 52.2 Å². The molecule has 2 amide bonds. The molecule has 144 valence electrons. The number of thiophene rings is 1. The van der Waals surface area contributed by atoms with Gasteiger partial charge in [-0.2, -0.15) is 0 Å². The number of nitrogens with one attached hydrogen (secondary N) is 1. The van der Waals surface area contributed by atoms with E-state index in [1.54, 1.807) is 0 Å². The molecule has 2 aromatic rings. The Morgan fingerprint density at radius 2 is 1.89 bits per heavy atom. The molecule has 0 spiro atoms. The summed E-state index contributed by atoms with van der Waals surface area (Å²) in [6.45, 7) is 6.44. The van der Waals surface area contributed by atoms with Crippen molar-refractivity contribution in [1.29, 1.82) is 0 Å². The Hall–Kier alpha value is -2.38. The Morgan fingerprint density at radius 1 is 1.11 bits per heavy atom. The quantitative estimate of drug-likeness (QED) is 0.790. The maximum absolute atomic E-state index is 12.4. The smallest absolute Gasteiger partial charge is 0.261 e. The van der Waals surface area contributed by atoms with Gasteiger partial charge in [0, 0.05) is 39.3 Å². The van der Waals surface area contributed by atoms with Gasteiger partial charge in [0.25, 0.3) is 11.8 Å². The Morgan fingerprint density at radius 3 is 2.59 bits per heavy atom. The SMILES string of the molecule is Cc1ccccc1OCC(=O)N1CCN(CCNC(=O)c2cccs2)CC1. The minimum Gasteiger partial charge on any atom is -0.484 e. The van der Waals surface area contributed by atoms with Crippen LogP contribution in [0.5, 0.6) is 5.75 Å². The van der Waals surface area contributed by atoms with Crippen LogP contribution in [0.25, 0.3) is 0 Å². The normalized spacial score (nSPS) is 14.8. The number of amides is 2. The second-order valence-electron chi connectivity index (χ2n) is 6.51. The van der Waals surface area contributed by atoms with Gasteiger partial charge in [-0.05, 0) is 30.0 Å². The second kappa shape index (κ2) is 9.53. The zero-order valence-electron chi connectivity index (χ0n) is 15.5. The molecule has 1 aliphatic heterocycles. The average Bonchev–Trinajstić information content (AvgIpc) is 3.22. The summed E-state index contributed by atoms with van der Waals surface area (Å²) in [5.74, 6) is 0.752. The van der Waals surface area contributed by atoms with Crippen molar-refractivity contribution in [1.82, 2.24) is 15.1 Å². The number of carbonyl (C=O) groups excluding carboxylic acids is 2. The standard InChI is InChI=1S/C20H25N3O3S/c1-16-5-2-3-6-17(16)26-15-19(24)23-12-10-22(11-13-23)9-8-21-20(25)18-7-4-14-27-18/h2-7,14H,8-13,15H2,1H3,(H,21,25). The van der Waals surface area contributed by atoms with Gasteiger partial charge in [-0.25, -0.2) is 0 Å². The molecule has 1 saturated heterocycles. The summed E-state index contributed by atoms with van der Waals surface area (Å²) in [5.41, 5.74) is 1.03. The minimum atomic E-state index is -0.0211. The molecule has 27 heavy (non-hydrogen) atoms. The van der Waals surface area contributed by atoms with Gasteiger partial charge in [0.15, 0.2) is 6.61 Å². The van der Waals surface area contributed by atoms with Gasteiger partial charge in [-0.15, -0.1) is 11.3 Å². The molecule has 1 N–H and O–H groups in total. The predicted molar refractivity (Wildman–Crippen MR) is 106 cm³/mol. The van der Waals surface area contributed by atoms with Crippen molar-refractivity contribution in [2.24, 2.45) is 0 Å². The Kier molecular flexibility index (Phi) is 6.84. The van der Waals surface area contributed by atoms with Gasteiger partial charge < -0.3 is 15.0 Å². The van der Waals surface area contributed by atoms with Crippen LogP contribution < -0.4 is 10.1 Å². The summed E-state index contributed by atoms with van der Waals surface area (Å²) in [5, 5.41) is 4.84. The lowest BCUT2D eigenvalue weighted by atomic mass is 10.2. The summed E-state index contributed by atoms with van der Waals surface area (Å²) in [7, 11) is 0. The van der Waals surface area contributed by atoms with Crippen LogP contribution in [0.15, 0.2) is 41.8 Å². The molecular formula is C20H25N3O3S. The Bertz CT molecular complexity index is 756. The molecule has 1 aromatic carbocycles. The molecule has 0 radical (unpaired) electrons. The third-order valence-electron chi connectivity index (χ3n) is 4.63. The summed E-state index contributed by atoms with van der Waals surface area (Å²) >= 11 is 1.44. The first-order valence-electron chi connectivity index (χ1n) is 9.14. The molecule has 6 nitrogen and oxygen atoms in total. The molecule has 2 heterocycles. The molecule has 1 aliphatic rings. The van der Waals surface area contributed by atoms with Crippen LogP contribution in [0.2, 0.25) is 0 Å². The number of nitrogens with zero attached hydrogens (tertiary/aromatic N) is 2. The summed E-state index contributed by atoms with van der Waals surface area (Å²) in [6, 6.07) is 11.4. The number of carbonyl (C=O) groups is 2. The number of aryl methyl sites for hydroxylation is 1. The topological polar surface area (TPSA) is 61.9 Å². The first-order valence-corrected chi connectivity index (χ1v) is 10.0. The van der Waals surface area contributed by atoms with Crippen molar-refractivity contribution >= 4 is 23.2 Å². The monoisotopic (exact) mass is 387 g/mol. The molecule has 0 atom stereocenters. The van der Waals surface area contributed by atoms with Gasteiger partial charge >= 0.3 is 0 Å². The number of para-hydroxylation sites is 1. The fraction of sp³-hybridized carbons (Fsp3) is 0.400. The van der Waals surface area contributed by atoms with Gasteiger partial charge in [-0.3, -0.25) is 14.5 Å². The molecule has 0 unspecified atom stereocenters. The van der Waals surface area contributed by atoms with E-state index in [-0.39, 0.29) is 18.4 Å². The van der Waals surface area contributed by atoms with E-state index in [0.717, 1.165) is 35.8 Å². The van der Waals surface area contributed by atoms with Crippen LogP contribution in [0.1, 0.15) is 15.2 Å². The number of piperazine rings is 1. The molecule has 7 heteroatoms. The highest BCUT2D eigenvalue weighted by atomic mass is 32.1. The van der Waals surface area contributed by atoms with E-state index in [2.05, 4.69) is 10.2 Å². The third kappa shape index (κ3) is 5.55. The number of rotatable bonds is 7. The summed E-state index contributed by atoms with van der Waals surface area (Å²) < 4.78 is 5.65. The fourth-order valence-electron chi connectivity index (χ4n) is 2.99. The minimum absolute atomic E-state index is 0.0175. The van der Waals surface area contributed by atoms with Gasteiger partial charge in [0.1, 0.15) is 5.75 Å². The largest absolute Gasteiger partial charge is 0.484 e. The third-order valence-corrected chi connectivity index (χ3v) is 5.50. The number of ether oxygens (including phenoxy) is 1.